The Kier molecular flexibility index (Phi) is 5.07. The van der Waals surface area contributed by atoms with Crippen LogP contribution < -0.4 is 0 Å². The zero-order chi connectivity index (χ0) is 20.1. The molecular formula is C19H26O8. The van der Waals surface area contributed by atoms with E-state index < -0.39 is 65.3 Å². The summed E-state index contributed by atoms with van der Waals surface area (Å²) in [6, 6.07) is 0. The maximum absolute atomic E-state index is 12.2. The van der Waals surface area contributed by atoms with E-state index in [0.29, 0.717) is 6.42 Å². The van der Waals surface area contributed by atoms with Gasteiger partial charge in [-0.2, -0.15) is 0 Å². The number of ether oxygens (including phenoxy) is 2. The number of carboxylic acid groups (broad SMARTS) is 1. The number of rotatable bonds is 4. The SMILES string of the molecule is C=C1C(=O)O[C@H]2[C@H]1[C@@H](OC(=O)[C@@H](C)CO)C[C@]1(C)[C@@H]2[C@H](C(=O)O)CC[C@H]1O. The highest BCUT2D eigenvalue weighted by Crippen LogP contribution is 2.58. The van der Waals surface area contributed by atoms with Crippen molar-refractivity contribution >= 4 is 17.9 Å². The van der Waals surface area contributed by atoms with E-state index in [0.717, 1.165) is 0 Å². The zero-order valence-corrected chi connectivity index (χ0v) is 15.5. The highest BCUT2D eigenvalue weighted by molar-refractivity contribution is 5.91. The number of hydrogen-bond donors (Lipinski definition) is 3. The second-order valence-electron chi connectivity index (χ2n) is 8.25. The molecule has 0 radical (unpaired) electrons. The van der Waals surface area contributed by atoms with Crippen LogP contribution in [0.25, 0.3) is 0 Å². The van der Waals surface area contributed by atoms with E-state index in [-0.39, 0.29) is 25.0 Å². The lowest BCUT2D eigenvalue weighted by molar-refractivity contribution is -0.204. The molecule has 0 aromatic heterocycles. The van der Waals surface area contributed by atoms with Crippen LogP contribution in [0, 0.1) is 29.1 Å². The number of fused-ring (bicyclic) bond motifs is 3. The number of carbonyl (C=O) groups excluding carboxylic acids is 2. The van der Waals surface area contributed by atoms with E-state index in [1.807, 2.05) is 0 Å². The summed E-state index contributed by atoms with van der Waals surface area (Å²) >= 11 is 0. The van der Waals surface area contributed by atoms with Gasteiger partial charge in [-0.1, -0.05) is 13.5 Å². The van der Waals surface area contributed by atoms with Gasteiger partial charge in [0.15, 0.2) is 0 Å². The number of aliphatic hydroxyl groups is 2. The van der Waals surface area contributed by atoms with Crippen LogP contribution in [0.3, 0.4) is 0 Å². The van der Waals surface area contributed by atoms with E-state index in [2.05, 4.69) is 6.58 Å². The molecule has 8 heteroatoms. The van der Waals surface area contributed by atoms with E-state index in [1.54, 1.807) is 6.92 Å². The molecule has 8 atom stereocenters. The van der Waals surface area contributed by atoms with Crippen molar-refractivity contribution in [2.45, 2.75) is 51.4 Å². The fourth-order valence-electron chi connectivity index (χ4n) is 5.04. The van der Waals surface area contributed by atoms with E-state index in [9.17, 15) is 29.7 Å². The van der Waals surface area contributed by atoms with Crippen molar-refractivity contribution < 1.29 is 39.2 Å². The molecule has 8 nitrogen and oxygen atoms in total. The minimum atomic E-state index is -0.991. The molecule has 1 heterocycles. The van der Waals surface area contributed by atoms with Gasteiger partial charge in [-0.05, 0) is 26.2 Å². The Hall–Kier alpha value is -1.93. The second kappa shape index (κ2) is 6.91. The number of aliphatic carboxylic acids is 1. The van der Waals surface area contributed by atoms with Gasteiger partial charge >= 0.3 is 17.9 Å². The molecule has 2 saturated carbocycles. The van der Waals surface area contributed by atoms with E-state index in [4.69, 9.17) is 9.47 Å². The van der Waals surface area contributed by atoms with E-state index >= 15 is 0 Å². The summed E-state index contributed by atoms with van der Waals surface area (Å²) in [5.41, 5.74) is -0.735. The molecule has 0 spiro atoms. The maximum Gasteiger partial charge on any atom is 0.334 e. The minimum absolute atomic E-state index is 0.153. The third-order valence-corrected chi connectivity index (χ3v) is 6.63. The van der Waals surface area contributed by atoms with Gasteiger partial charge in [0.25, 0.3) is 0 Å². The van der Waals surface area contributed by atoms with Crippen molar-refractivity contribution in [1.82, 2.24) is 0 Å². The van der Waals surface area contributed by atoms with E-state index in [1.165, 1.54) is 6.92 Å². The van der Waals surface area contributed by atoms with Gasteiger partial charge in [-0.3, -0.25) is 9.59 Å². The molecule has 1 saturated heterocycles. The molecule has 3 aliphatic rings. The lowest BCUT2D eigenvalue weighted by atomic mass is 9.51. The van der Waals surface area contributed by atoms with Gasteiger partial charge in [0.05, 0.1) is 30.5 Å². The summed E-state index contributed by atoms with van der Waals surface area (Å²) in [4.78, 5) is 36.3. The van der Waals surface area contributed by atoms with Crippen molar-refractivity contribution in [2.24, 2.45) is 29.1 Å². The predicted molar refractivity (Wildman–Crippen MR) is 91.2 cm³/mol. The van der Waals surface area contributed by atoms with Gasteiger partial charge in [0.2, 0.25) is 0 Å². The largest absolute Gasteiger partial charge is 0.481 e. The Morgan fingerprint density at radius 1 is 1.41 bits per heavy atom. The van der Waals surface area contributed by atoms with Crippen LogP contribution in [0.5, 0.6) is 0 Å². The Labute approximate surface area is 157 Å². The van der Waals surface area contributed by atoms with Gasteiger partial charge < -0.3 is 24.8 Å². The molecule has 0 unspecified atom stereocenters. The van der Waals surface area contributed by atoms with Crippen LogP contribution in [0.15, 0.2) is 12.2 Å². The van der Waals surface area contributed by atoms with Crippen molar-refractivity contribution in [1.29, 1.82) is 0 Å². The lowest BCUT2D eigenvalue weighted by Gasteiger charge is -2.55. The highest BCUT2D eigenvalue weighted by atomic mass is 16.6. The van der Waals surface area contributed by atoms with Crippen molar-refractivity contribution in [2.75, 3.05) is 6.61 Å². The first-order valence-electron chi connectivity index (χ1n) is 9.23. The third-order valence-electron chi connectivity index (χ3n) is 6.63. The van der Waals surface area contributed by atoms with Crippen LogP contribution in [-0.4, -0.2) is 58.1 Å². The molecule has 0 aromatic rings. The average molecular weight is 382 g/mol. The normalized spacial score (nSPS) is 41.9. The summed E-state index contributed by atoms with van der Waals surface area (Å²) in [5.74, 6) is -4.99. The standard InChI is InChI=1S/C19H26O8/c1-8(7-20)17(24)26-11-6-19(3)12(21)5-4-10(16(22)23)14(19)15-13(11)9(2)18(25)27-15/h8,10-15,20-21H,2,4-7H2,1,3H3,(H,22,23)/t8-,10+,11-,12+,13+,14+,15-,19-/m0/s1. The van der Waals surface area contributed by atoms with Crippen LogP contribution in [-0.2, 0) is 23.9 Å². The molecule has 150 valence electrons. The summed E-state index contributed by atoms with van der Waals surface area (Å²) in [6.07, 6.45) is -1.60. The van der Waals surface area contributed by atoms with Crippen molar-refractivity contribution in [3.63, 3.8) is 0 Å². The molecule has 0 bridgehead atoms. The lowest BCUT2D eigenvalue weighted by Crippen LogP contribution is -2.61. The second-order valence-corrected chi connectivity index (χ2v) is 8.25. The van der Waals surface area contributed by atoms with Crippen LogP contribution in [0.1, 0.15) is 33.1 Å². The van der Waals surface area contributed by atoms with Crippen LogP contribution >= 0.6 is 0 Å². The summed E-state index contributed by atoms with van der Waals surface area (Å²) < 4.78 is 11.1. The molecule has 3 fully saturated rings. The predicted octanol–water partition coefficient (Wildman–Crippen LogP) is 0.506. The first kappa shape index (κ1) is 19.8. The molecule has 2 aliphatic carbocycles. The Bertz CT molecular complexity index is 673. The monoisotopic (exact) mass is 382 g/mol. The Balaban J connectivity index is 2.00. The average Bonchev–Trinajstić information content (AvgIpc) is 2.90. The maximum atomic E-state index is 12.2. The highest BCUT2D eigenvalue weighted by Gasteiger charge is 2.64. The van der Waals surface area contributed by atoms with Gasteiger partial charge in [-0.15, -0.1) is 0 Å². The molecule has 0 amide bonds. The van der Waals surface area contributed by atoms with Gasteiger partial charge in [0.1, 0.15) is 12.2 Å². The first-order valence-corrected chi connectivity index (χ1v) is 9.23. The summed E-state index contributed by atoms with van der Waals surface area (Å²) in [6.45, 7) is 6.68. The number of esters is 2. The molecule has 3 N–H and O–H groups in total. The summed E-state index contributed by atoms with van der Waals surface area (Å²) in [7, 11) is 0. The first-order chi connectivity index (χ1) is 12.6. The number of aliphatic hydroxyl groups excluding tert-OH is 2. The smallest absolute Gasteiger partial charge is 0.334 e. The Morgan fingerprint density at radius 2 is 2.07 bits per heavy atom. The Morgan fingerprint density at radius 3 is 2.67 bits per heavy atom. The van der Waals surface area contributed by atoms with Crippen LogP contribution in [0.2, 0.25) is 0 Å². The molecule has 27 heavy (non-hydrogen) atoms. The van der Waals surface area contributed by atoms with Gasteiger partial charge in [-0.25, -0.2) is 4.79 Å². The molecule has 3 rings (SSSR count). The summed E-state index contributed by atoms with van der Waals surface area (Å²) in [5, 5.41) is 29.6. The molecule has 0 aromatic carbocycles. The quantitative estimate of drug-likeness (QED) is 0.473. The fraction of sp³-hybridized carbons (Fsp3) is 0.737. The van der Waals surface area contributed by atoms with Gasteiger partial charge in [0, 0.05) is 16.9 Å². The number of carbonyl (C=O) groups is 3. The number of hydrogen-bond acceptors (Lipinski definition) is 7. The minimum Gasteiger partial charge on any atom is -0.481 e. The zero-order valence-electron chi connectivity index (χ0n) is 15.5. The van der Waals surface area contributed by atoms with Crippen molar-refractivity contribution in [3.05, 3.63) is 12.2 Å². The number of carboxylic acids is 1. The molecule has 1 aliphatic heterocycles. The third kappa shape index (κ3) is 3.04. The molecular weight excluding hydrogens is 356 g/mol. The van der Waals surface area contributed by atoms with Crippen LogP contribution in [0.4, 0.5) is 0 Å². The fourth-order valence-corrected chi connectivity index (χ4v) is 5.04. The topological polar surface area (TPSA) is 130 Å². The van der Waals surface area contributed by atoms with Crippen molar-refractivity contribution in [3.8, 4) is 0 Å².